The molecule has 0 aliphatic rings. The lowest BCUT2D eigenvalue weighted by molar-refractivity contribution is -0.124. The van der Waals surface area contributed by atoms with E-state index >= 15 is 0 Å². The first kappa shape index (κ1) is 14.5. The molecule has 1 aromatic rings. The van der Waals surface area contributed by atoms with E-state index in [1.165, 1.54) is 19.1 Å². The van der Waals surface area contributed by atoms with Gasteiger partial charge in [0.05, 0.1) is 0 Å². The van der Waals surface area contributed by atoms with Crippen LogP contribution in [-0.4, -0.2) is 27.2 Å². The third-order valence-electron chi connectivity index (χ3n) is 1.94. The highest BCUT2D eigenvalue weighted by Crippen LogP contribution is 2.25. The Morgan fingerprint density at radius 3 is 2.25 bits per heavy atom. The van der Waals surface area contributed by atoms with Crippen LogP contribution in [0.15, 0.2) is 18.2 Å². The van der Waals surface area contributed by atoms with Gasteiger partial charge in [0, 0.05) is 6.42 Å². The maximum Gasteiger partial charge on any atom is 0.158 e. The first-order chi connectivity index (χ1) is 7.50. The number of benzene rings is 1. The number of ketones is 1. The number of hydrogen-bond donors (Lipinski definition) is 3. The SMILES string of the molecule is CC.CC(=O)C(O)Cc1ccc(O)c(O)c1. The largest absolute Gasteiger partial charge is 0.504 e. The minimum Gasteiger partial charge on any atom is -0.504 e. The molecule has 0 aliphatic heterocycles. The van der Waals surface area contributed by atoms with Gasteiger partial charge in [0.15, 0.2) is 17.3 Å². The second-order valence-electron chi connectivity index (χ2n) is 3.15. The summed E-state index contributed by atoms with van der Waals surface area (Å²) in [5, 5.41) is 27.4. The molecule has 0 radical (unpaired) electrons. The van der Waals surface area contributed by atoms with Crippen molar-refractivity contribution in [1.29, 1.82) is 0 Å². The number of aromatic hydroxyl groups is 2. The minimum atomic E-state index is -1.06. The van der Waals surface area contributed by atoms with E-state index in [4.69, 9.17) is 10.2 Å². The van der Waals surface area contributed by atoms with Gasteiger partial charge in [-0.25, -0.2) is 0 Å². The summed E-state index contributed by atoms with van der Waals surface area (Å²) in [7, 11) is 0. The highest BCUT2D eigenvalue weighted by molar-refractivity contribution is 5.80. The fraction of sp³-hybridized carbons (Fsp3) is 0.417. The van der Waals surface area contributed by atoms with Crippen molar-refractivity contribution in [3.05, 3.63) is 23.8 Å². The van der Waals surface area contributed by atoms with Crippen LogP contribution in [-0.2, 0) is 11.2 Å². The van der Waals surface area contributed by atoms with Crippen molar-refractivity contribution in [2.75, 3.05) is 0 Å². The van der Waals surface area contributed by atoms with Crippen LogP contribution < -0.4 is 0 Å². The average Bonchev–Trinajstić information content (AvgIpc) is 2.26. The number of Topliss-reactive ketones (excluding diaryl/α,β-unsaturated/α-hetero) is 1. The lowest BCUT2D eigenvalue weighted by atomic mass is 10.1. The Hall–Kier alpha value is -1.55. The zero-order valence-electron chi connectivity index (χ0n) is 9.77. The second-order valence-corrected chi connectivity index (χ2v) is 3.15. The quantitative estimate of drug-likeness (QED) is 0.684. The number of phenolic OH excluding ortho intramolecular Hbond substituents is 2. The van der Waals surface area contributed by atoms with Crippen LogP contribution in [0.2, 0.25) is 0 Å². The molecule has 1 unspecified atom stereocenters. The summed E-state index contributed by atoms with van der Waals surface area (Å²) < 4.78 is 0. The topological polar surface area (TPSA) is 77.8 Å². The summed E-state index contributed by atoms with van der Waals surface area (Å²) in [4.78, 5) is 10.7. The van der Waals surface area contributed by atoms with E-state index < -0.39 is 6.10 Å². The van der Waals surface area contributed by atoms with Crippen LogP contribution in [0.3, 0.4) is 0 Å². The summed E-state index contributed by atoms with van der Waals surface area (Å²) in [5.41, 5.74) is 0.600. The zero-order valence-corrected chi connectivity index (χ0v) is 9.77. The summed E-state index contributed by atoms with van der Waals surface area (Å²) in [6, 6.07) is 4.18. The van der Waals surface area contributed by atoms with Crippen molar-refractivity contribution in [1.82, 2.24) is 0 Å². The molecule has 1 aromatic carbocycles. The van der Waals surface area contributed by atoms with E-state index in [1.807, 2.05) is 13.8 Å². The number of aliphatic hydroxyl groups excluding tert-OH is 1. The third-order valence-corrected chi connectivity index (χ3v) is 1.94. The Kier molecular flexibility index (Phi) is 6.18. The van der Waals surface area contributed by atoms with Crippen LogP contribution in [0.1, 0.15) is 26.3 Å². The highest BCUT2D eigenvalue weighted by atomic mass is 16.3. The number of hydrogen-bond acceptors (Lipinski definition) is 4. The fourth-order valence-electron chi connectivity index (χ4n) is 1.06. The monoisotopic (exact) mass is 226 g/mol. The molecule has 0 fully saturated rings. The maximum atomic E-state index is 10.7. The number of phenols is 2. The molecule has 0 heterocycles. The number of carbonyl (C=O) groups is 1. The van der Waals surface area contributed by atoms with E-state index in [-0.39, 0.29) is 23.7 Å². The van der Waals surface area contributed by atoms with Gasteiger partial charge in [-0.15, -0.1) is 0 Å². The molecule has 0 aromatic heterocycles. The van der Waals surface area contributed by atoms with Gasteiger partial charge in [0.25, 0.3) is 0 Å². The highest BCUT2D eigenvalue weighted by Gasteiger charge is 2.11. The first-order valence-corrected chi connectivity index (χ1v) is 5.20. The molecule has 4 heteroatoms. The predicted octanol–water partition coefficient (Wildman–Crippen LogP) is 1.62. The molecule has 0 saturated carbocycles. The Labute approximate surface area is 95.2 Å². The fourth-order valence-corrected chi connectivity index (χ4v) is 1.06. The average molecular weight is 226 g/mol. The molecule has 16 heavy (non-hydrogen) atoms. The van der Waals surface area contributed by atoms with Crippen LogP contribution >= 0.6 is 0 Å². The molecule has 90 valence electrons. The van der Waals surface area contributed by atoms with Gasteiger partial charge in [-0.1, -0.05) is 19.9 Å². The van der Waals surface area contributed by atoms with Crippen LogP contribution in [0.4, 0.5) is 0 Å². The molecule has 1 rings (SSSR count). The van der Waals surface area contributed by atoms with E-state index in [0.29, 0.717) is 5.56 Å². The van der Waals surface area contributed by atoms with Crippen LogP contribution in [0.5, 0.6) is 11.5 Å². The van der Waals surface area contributed by atoms with E-state index in [1.54, 1.807) is 6.07 Å². The van der Waals surface area contributed by atoms with Crippen molar-refractivity contribution in [3.8, 4) is 11.5 Å². The molecular formula is C12H18O4. The lowest BCUT2D eigenvalue weighted by Gasteiger charge is -2.07. The number of carbonyl (C=O) groups excluding carboxylic acids is 1. The van der Waals surface area contributed by atoms with Crippen molar-refractivity contribution in [2.45, 2.75) is 33.3 Å². The van der Waals surface area contributed by atoms with Gasteiger partial charge in [-0.3, -0.25) is 4.79 Å². The molecule has 1 atom stereocenters. The molecule has 0 spiro atoms. The van der Waals surface area contributed by atoms with Crippen molar-refractivity contribution < 1.29 is 20.1 Å². The molecule has 4 nitrogen and oxygen atoms in total. The van der Waals surface area contributed by atoms with Crippen molar-refractivity contribution in [2.24, 2.45) is 0 Å². The second kappa shape index (κ2) is 6.85. The third kappa shape index (κ3) is 4.31. The molecule has 0 bridgehead atoms. The maximum absolute atomic E-state index is 10.7. The van der Waals surface area contributed by atoms with Gasteiger partial charge < -0.3 is 15.3 Å². The normalized spacial score (nSPS) is 11.2. The number of aliphatic hydroxyl groups is 1. The number of rotatable bonds is 3. The Morgan fingerprint density at radius 1 is 1.25 bits per heavy atom. The molecule has 0 aliphatic carbocycles. The van der Waals surface area contributed by atoms with Gasteiger partial charge >= 0.3 is 0 Å². The summed E-state index contributed by atoms with van der Waals surface area (Å²) >= 11 is 0. The standard InChI is InChI=1S/C10H12O4.C2H6/c1-6(11)9(13)4-7-2-3-8(12)10(14)5-7;1-2/h2-3,5,9,12-14H,4H2,1H3;1-2H3. The van der Waals surface area contributed by atoms with E-state index in [9.17, 15) is 9.90 Å². The van der Waals surface area contributed by atoms with Crippen LogP contribution in [0, 0.1) is 0 Å². The lowest BCUT2D eigenvalue weighted by Crippen LogP contribution is -2.19. The molecular weight excluding hydrogens is 208 g/mol. The first-order valence-electron chi connectivity index (χ1n) is 5.20. The minimum absolute atomic E-state index is 0.142. The molecule has 0 amide bonds. The summed E-state index contributed by atoms with van der Waals surface area (Å²) in [6.45, 7) is 5.30. The smallest absolute Gasteiger partial charge is 0.158 e. The van der Waals surface area contributed by atoms with Gasteiger partial charge in [-0.2, -0.15) is 0 Å². The van der Waals surface area contributed by atoms with E-state index in [0.717, 1.165) is 0 Å². The van der Waals surface area contributed by atoms with Gasteiger partial charge in [0.2, 0.25) is 0 Å². The summed E-state index contributed by atoms with van der Waals surface area (Å²) in [6.07, 6.45) is -0.914. The Morgan fingerprint density at radius 2 is 1.81 bits per heavy atom. The Balaban J connectivity index is 0.00000106. The van der Waals surface area contributed by atoms with E-state index in [2.05, 4.69) is 0 Å². The van der Waals surface area contributed by atoms with Crippen molar-refractivity contribution in [3.63, 3.8) is 0 Å². The predicted molar refractivity (Wildman–Crippen MR) is 61.5 cm³/mol. The Bertz CT molecular complexity index is 347. The van der Waals surface area contributed by atoms with Gasteiger partial charge in [0.1, 0.15) is 6.10 Å². The molecule has 0 saturated heterocycles. The summed E-state index contributed by atoms with van der Waals surface area (Å²) in [5.74, 6) is -0.790. The zero-order chi connectivity index (χ0) is 12.7. The van der Waals surface area contributed by atoms with Gasteiger partial charge in [-0.05, 0) is 24.6 Å². The van der Waals surface area contributed by atoms with Crippen LogP contribution in [0.25, 0.3) is 0 Å². The van der Waals surface area contributed by atoms with Crippen molar-refractivity contribution >= 4 is 5.78 Å². The molecule has 3 N–H and O–H groups in total.